The molecule has 0 aromatic rings. The lowest BCUT2D eigenvalue weighted by atomic mass is 10.1. The van der Waals surface area contributed by atoms with Crippen molar-refractivity contribution in [2.24, 2.45) is 0 Å². The summed E-state index contributed by atoms with van der Waals surface area (Å²) in [6, 6.07) is 0. The Hall–Kier alpha value is -0.760. The molecule has 0 aromatic heterocycles. The SMILES string of the molecule is CNCC/C=C(/C)C1=CCCCO1. The number of hydrogen-bond donors (Lipinski definition) is 1. The van der Waals surface area contributed by atoms with Gasteiger partial charge in [-0.15, -0.1) is 0 Å². The minimum Gasteiger partial charge on any atom is -0.494 e. The van der Waals surface area contributed by atoms with Gasteiger partial charge in [0, 0.05) is 0 Å². The van der Waals surface area contributed by atoms with Gasteiger partial charge in [0.2, 0.25) is 0 Å². The maximum Gasteiger partial charge on any atom is 0.117 e. The Labute approximate surface area is 80.7 Å². The average molecular weight is 181 g/mol. The molecule has 0 fully saturated rings. The maximum atomic E-state index is 5.54. The number of nitrogens with one attached hydrogen (secondary N) is 1. The molecule has 0 radical (unpaired) electrons. The van der Waals surface area contributed by atoms with Gasteiger partial charge >= 0.3 is 0 Å². The van der Waals surface area contributed by atoms with Crippen LogP contribution in [0.2, 0.25) is 0 Å². The predicted molar refractivity (Wildman–Crippen MR) is 55.6 cm³/mol. The summed E-state index contributed by atoms with van der Waals surface area (Å²) in [6.07, 6.45) is 7.81. The van der Waals surface area contributed by atoms with E-state index < -0.39 is 0 Å². The summed E-state index contributed by atoms with van der Waals surface area (Å²) in [7, 11) is 1.97. The van der Waals surface area contributed by atoms with Gasteiger partial charge in [0.25, 0.3) is 0 Å². The number of allylic oxidation sites excluding steroid dienone is 2. The van der Waals surface area contributed by atoms with E-state index in [0.29, 0.717) is 0 Å². The van der Waals surface area contributed by atoms with Crippen LogP contribution in [0.5, 0.6) is 0 Å². The van der Waals surface area contributed by atoms with Crippen molar-refractivity contribution in [3.63, 3.8) is 0 Å². The molecule has 2 heteroatoms. The Bertz CT molecular complexity index is 206. The monoisotopic (exact) mass is 181 g/mol. The molecule has 1 rings (SSSR count). The molecule has 0 aliphatic carbocycles. The third-order valence-corrected chi connectivity index (χ3v) is 2.17. The van der Waals surface area contributed by atoms with E-state index >= 15 is 0 Å². The average Bonchev–Trinajstić information content (AvgIpc) is 2.19. The number of rotatable bonds is 4. The van der Waals surface area contributed by atoms with E-state index in [-0.39, 0.29) is 0 Å². The van der Waals surface area contributed by atoms with Crippen LogP contribution in [0.25, 0.3) is 0 Å². The molecular weight excluding hydrogens is 162 g/mol. The molecule has 74 valence electrons. The molecule has 0 atom stereocenters. The van der Waals surface area contributed by atoms with Crippen LogP contribution in [0.15, 0.2) is 23.5 Å². The molecular formula is C11H19NO. The molecule has 0 saturated heterocycles. The van der Waals surface area contributed by atoms with Gasteiger partial charge in [-0.05, 0) is 51.4 Å². The number of hydrogen-bond acceptors (Lipinski definition) is 2. The molecule has 2 nitrogen and oxygen atoms in total. The van der Waals surface area contributed by atoms with Crippen molar-refractivity contribution in [3.05, 3.63) is 23.5 Å². The molecule has 0 amide bonds. The van der Waals surface area contributed by atoms with Crippen LogP contribution < -0.4 is 5.32 Å². The molecule has 0 saturated carbocycles. The first-order chi connectivity index (χ1) is 6.34. The Morgan fingerprint density at radius 1 is 1.69 bits per heavy atom. The van der Waals surface area contributed by atoms with Crippen LogP contribution in [-0.2, 0) is 4.74 Å². The molecule has 1 aliphatic heterocycles. The van der Waals surface area contributed by atoms with Gasteiger partial charge < -0.3 is 10.1 Å². The van der Waals surface area contributed by atoms with Gasteiger partial charge in [-0.3, -0.25) is 0 Å². The summed E-state index contributed by atoms with van der Waals surface area (Å²) in [5.74, 6) is 1.09. The highest BCUT2D eigenvalue weighted by Gasteiger charge is 2.04. The van der Waals surface area contributed by atoms with Gasteiger partial charge in [-0.2, -0.15) is 0 Å². The summed E-state index contributed by atoms with van der Waals surface area (Å²) in [5.41, 5.74) is 1.27. The Morgan fingerprint density at radius 2 is 2.54 bits per heavy atom. The van der Waals surface area contributed by atoms with Crippen LogP contribution in [0, 0.1) is 0 Å². The van der Waals surface area contributed by atoms with E-state index in [1.807, 2.05) is 7.05 Å². The largest absolute Gasteiger partial charge is 0.494 e. The molecule has 0 bridgehead atoms. The lowest BCUT2D eigenvalue weighted by molar-refractivity contribution is 0.201. The standard InChI is InChI=1S/C11H19NO/c1-10(6-5-8-12-2)11-7-3-4-9-13-11/h6-7,12H,3-5,8-9H2,1-2H3/b10-6-. The Morgan fingerprint density at radius 3 is 3.15 bits per heavy atom. The zero-order chi connectivity index (χ0) is 9.52. The second-order valence-electron chi connectivity index (χ2n) is 3.34. The lowest BCUT2D eigenvalue weighted by Gasteiger charge is -2.15. The minimum atomic E-state index is 0.878. The van der Waals surface area contributed by atoms with Gasteiger partial charge in [0.15, 0.2) is 0 Å². The highest BCUT2D eigenvalue weighted by molar-refractivity contribution is 5.24. The first-order valence-corrected chi connectivity index (χ1v) is 4.99. The second-order valence-corrected chi connectivity index (χ2v) is 3.34. The zero-order valence-electron chi connectivity index (χ0n) is 8.60. The van der Waals surface area contributed by atoms with Crippen molar-refractivity contribution >= 4 is 0 Å². The number of ether oxygens (including phenoxy) is 1. The van der Waals surface area contributed by atoms with Gasteiger partial charge in [-0.1, -0.05) is 6.08 Å². The van der Waals surface area contributed by atoms with Crippen molar-refractivity contribution in [2.45, 2.75) is 26.2 Å². The topological polar surface area (TPSA) is 21.3 Å². The molecule has 0 unspecified atom stereocenters. The molecule has 1 heterocycles. The van der Waals surface area contributed by atoms with Crippen LogP contribution in [0.4, 0.5) is 0 Å². The van der Waals surface area contributed by atoms with Crippen molar-refractivity contribution < 1.29 is 4.74 Å². The van der Waals surface area contributed by atoms with Gasteiger partial charge in [-0.25, -0.2) is 0 Å². The van der Waals surface area contributed by atoms with E-state index in [0.717, 1.165) is 38.2 Å². The van der Waals surface area contributed by atoms with Crippen LogP contribution in [0.3, 0.4) is 0 Å². The van der Waals surface area contributed by atoms with Crippen molar-refractivity contribution in [1.82, 2.24) is 5.32 Å². The maximum absolute atomic E-state index is 5.54. The fourth-order valence-corrected chi connectivity index (χ4v) is 1.37. The van der Waals surface area contributed by atoms with Crippen LogP contribution in [0.1, 0.15) is 26.2 Å². The molecule has 1 N–H and O–H groups in total. The first-order valence-electron chi connectivity index (χ1n) is 4.99. The molecule has 13 heavy (non-hydrogen) atoms. The van der Waals surface area contributed by atoms with Crippen molar-refractivity contribution in [3.8, 4) is 0 Å². The zero-order valence-corrected chi connectivity index (χ0v) is 8.60. The fourth-order valence-electron chi connectivity index (χ4n) is 1.37. The normalized spacial score (nSPS) is 18.0. The Kier molecular flexibility index (Phi) is 4.61. The summed E-state index contributed by atoms with van der Waals surface area (Å²) >= 11 is 0. The van der Waals surface area contributed by atoms with E-state index in [9.17, 15) is 0 Å². The van der Waals surface area contributed by atoms with Gasteiger partial charge in [0.1, 0.15) is 5.76 Å². The highest BCUT2D eigenvalue weighted by Crippen LogP contribution is 2.17. The van der Waals surface area contributed by atoms with E-state index in [2.05, 4.69) is 24.4 Å². The summed E-state index contributed by atoms with van der Waals surface area (Å²) in [4.78, 5) is 0. The molecule has 1 aliphatic rings. The first kappa shape index (κ1) is 10.3. The summed E-state index contributed by atoms with van der Waals surface area (Å²) < 4.78 is 5.54. The third kappa shape index (κ3) is 3.64. The fraction of sp³-hybridized carbons (Fsp3) is 0.636. The third-order valence-electron chi connectivity index (χ3n) is 2.17. The lowest BCUT2D eigenvalue weighted by Crippen LogP contribution is -2.07. The van der Waals surface area contributed by atoms with Gasteiger partial charge in [0.05, 0.1) is 6.61 Å². The van der Waals surface area contributed by atoms with E-state index in [1.165, 1.54) is 5.57 Å². The van der Waals surface area contributed by atoms with E-state index in [1.54, 1.807) is 0 Å². The quantitative estimate of drug-likeness (QED) is 0.672. The van der Waals surface area contributed by atoms with Crippen LogP contribution >= 0.6 is 0 Å². The Balaban J connectivity index is 2.40. The van der Waals surface area contributed by atoms with Crippen molar-refractivity contribution in [2.75, 3.05) is 20.2 Å². The minimum absolute atomic E-state index is 0.878. The molecule has 0 spiro atoms. The molecule has 0 aromatic carbocycles. The second kappa shape index (κ2) is 5.81. The van der Waals surface area contributed by atoms with Crippen LogP contribution in [-0.4, -0.2) is 20.2 Å². The van der Waals surface area contributed by atoms with E-state index in [4.69, 9.17) is 4.74 Å². The summed E-state index contributed by atoms with van der Waals surface area (Å²) in [5, 5.41) is 3.12. The highest BCUT2D eigenvalue weighted by atomic mass is 16.5. The van der Waals surface area contributed by atoms with Crippen molar-refractivity contribution in [1.29, 1.82) is 0 Å². The smallest absolute Gasteiger partial charge is 0.117 e. The summed E-state index contributed by atoms with van der Waals surface area (Å²) in [6.45, 7) is 4.03. The predicted octanol–water partition coefficient (Wildman–Crippen LogP) is 2.24.